The van der Waals surface area contributed by atoms with Crippen molar-refractivity contribution in [2.24, 2.45) is 0 Å². The minimum Gasteiger partial charge on any atom is -0.383 e. The van der Waals surface area contributed by atoms with E-state index in [1.54, 1.807) is 9.47 Å². The lowest BCUT2D eigenvalue weighted by Crippen LogP contribution is -2.37. The van der Waals surface area contributed by atoms with Gasteiger partial charge < -0.3 is 14.2 Å². The average Bonchev–Trinajstić information content (AvgIpc) is 2.80. The van der Waals surface area contributed by atoms with Crippen LogP contribution in [0.1, 0.15) is 31.3 Å². The van der Waals surface area contributed by atoms with Gasteiger partial charge in [0.2, 0.25) is 0 Å². The number of halogens is 1. The molecule has 0 bridgehead atoms. The Morgan fingerprint density at radius 3 is 2.52 bits per heavy atom. The predicted octanol–water partition coefficient (Wildman–Crippen LogP) is 1.93. The molecular weight excluding hydrogens is 316 g/mol. The van der Waals surface area contributed by atoms with Crippen molar-refractivity contribution in [1.29, 1.82) is 0 Å². The largest absolute Gasteiger partial charge is 0.383 e. The average molecular weight is 337 g/mol. The van der Waals surface area contributed by atoms with Crippen molar-refractivity contribution in [2.45, 2.75) is 38.3 Å². The van der Waals surface area contributed by atoms with E-state index in [9.17, 15) is 13.2 Å². The van der Waals surface area contributed by atoms with E-state index in [0.717, 1.165) is 0 Å². The van der Waals surface area contributed by atoms with Gasteiger partial charge in [-0.15, -0.1) is 0 Å². The molecule has 0 spiro atoms. The summed E-state index contributed by atoms with van der Waals surface area (Å²) in [7, 11) is 3.02. The molecule has 6 nitrogen and oxygen atoms in total. The number of ether oxygens (including phenoxy) is 1. The van der Waals surface area contributed by atoms with Gasteiger partial charge in [0.25, 0.3) is 15.0 Å². The van der Waals surface area contributed by atoms with Crippen molar-refractivity contribution in [3.8, 4) is 0 Å². The molecule has 1 amide bonds. The van der Waals surface area contributed by atoms with Crippen LogP contribution in [0.25, 0.3) is 0 Å². The molecule has 0 atom stereocenters. The molecule has 0 unspecified atom stereocenters. The first-order valence-electron chi connectivity index (χ1n) is 6.67. The fraction of sp³-hybridized carbons (Fsp3) is 0.615. The molecule has 0 N–H and O–H groups in total. The van der Waals surface area contributed by atoms with Crippen LogP contribution in [-0.4, -0.2) is 50.1 Å². The molecule has 1 aromatic heterocycles. The van der Waals surface area contributed by atoms with E-state index in [1.165, 1.54) is 19.4 Å². The number of nitrogens with zero attached hydrogens (tertiary/aromatic N) is 2. The number of methoxy groups -OCH3 is 1. The molecule has 0 aliphatic carbocycles. The highest BCUT2D eigenvalue weighted by Gasteiger charge is 2.24. The summed E-state index contributed by atoms with van der Waals surface area (Å²) < 4.78 is 29.5. The Morgan fingerprint density at radius 2 is 2.10 bits per heavy atom. The van der Waals surface area contributed by atoms with Crippen molar-refractivity contribution < 1.29 is 17.9 Å². The molecule has 120 valence electrons. The number of hydrogen-bond donors (Lipinski definition) is 0. The first-order valence-corrected chi connectivity index (χ1v) is 8.98. The van der Waals surface area contributed by atoms with Crippen LogP contribution in [0.15, 0.2) is 17.2 Å². The third kappa shape index (κ3) is 4.46. The highest BCUT2D eigenvalue weighted by molar-refractivity contribution is 8.13. The third-order valence-electron chi connectivity index (χ3n) is 3.13. The van der Waals surface area contributed by atoms with Crippen LogP contribution in [0.4, 0.5) is 0 Å². The van der Waals surface area contributed by atoms with Gasteiger partial charge in [0, 0.05) is 43.1 Å². The molecule has 1 rings (SSSR count). The summed E-state index contributed by atoms with van der Waals surface area (Å²) in [5.41, 5.74) is 0.293. The minimum atomic E-state index is -3.88. The molecule has 0 aromatic carbocycles. The molecule has 0 fully saturated rings. The Bertz CT molecular complexity index is 595. The third-order valence-corrected chi connectivity index (χ3v) is 4.45. The number of hydrogen-bond acceptors (Lipinski definition) is 4. The fourth-order valence-corrected chi connectivity index (χ4v) is 2.82. The Labute approximate surface area is 130 Å². The SMILES string of the molecule is CCN(C(=O)c1cc(S(=O)(=O)Cl)cn1CCOC)C(C)C. The maximum Gasteiger partial charge on any atom is 0.270 e. The van der Waals surface area contributed by atoms with Gasteiger partial charge in [-0.3, -0.25) is 4.79 Å². The summed E-state index contributed by atoms with van der Waals surface area (Å²) in [6.45, 7) is 6.96. The Balaban J connectivity index is 3.25. The second-order valence-electron chi connectivity index (χ2n) is 4.87. The van der Waals surface area contributed by atoms with Gasteiger partial charge in [-0.05, 0) is 26.8 Å². The summed E-state index contributed by atoms with van der Waals surface area (Å²) in [6, 6.07) is 1.33. The van der Waals surface area contributed by atoms with Crippen molar-refractivity contribution in [1.82, 2.24) is 9.47 Å². The van der Waals surface area contributed by atoms with Crippen LogP contribution >= 0.6 is 10.7 Å². The Hall–Kier alpha value is -1.05. The van der Waals surface area contributed by atoms with Gasteiger partial charge in [-0.25, -0.2) is 8.42 Å². The molecular formula is C13H21ClN2O4S. The number of carbonyl (C=O) groups is 1. The van der Waals surface area contributed by atoms with E-state index in [-0.39, 0.29) is 16.8 Å². The summed E-state index contributed by atoms with van der Waals surface area (Å²) in [4.78, 5) is 14.1. The summed E-state index contributed by atoms with van der Waals surface area (Å²) in [6.07, 6.45) is 1.36. The quantitative estimate of drug-likeness (QED) is 0.713. The van der Waals surface area contributed by atoms with E-state index in [4.69, 9.17) is 15.4 Å². The van der Waals surface area contributed by atoms with Gasteiger partial charge >= 0.3 is 0 Å². The topological polar surface area (TPSA) is 68.6 Å². The van der Waals surface area contributed by atoms with E-state index >= 15 is 0 Å². The monoisotopic (exact) mass is 336 g/mol. The van der Waals surface area contributed by atoms with Gasteiger partial charge in [-0.1, -0.05) is 0 Å². The summed E-state index contributed by atoms with van der Waals surface area (Å²) in [5, 5.41) is 0. The highest BCUT2D eigenvalue weighted by Crippen LogP contribution is 2.20. The molecule has 0 aliphatic rings. The molecule has 0 aliphatic heterocycles. The Morgan fingerprint density at radius 1 is 1.48 bits per heavy atom. The molecule has 21 heavy (non-hydrogen) atoms. The summed E-state index contributed by atoms with van der Waals surface area (Å²) >= 11 is 0. The maximum absolute atomic E-state index is 12.6. The van der Waals surface area contributed by atoms with Crippen LogP contribution < -0.4 is 0 Å². The number of carbonyl (C=O) groups excluding carboxylic acids is 1. The smallest absolute Gasteiger partial charge is 0.270 e. The molecule has 0 radical (unpaired) electrons. The van der Waals surface area contributed by atoms with Crippen LogP contribution in [-0.2, 0) is 20.3 Å². The van der Waals surface area contributed by atoms with Crippen molar-refractivity contribution in [2.75, 3.05) is 20.3 Å². The zero-order valence-corrected chi connectivity index (χ0v) is 14.2. The lowest BCUT2D eigenvalue weighted by molar-refractivity contribution is 0.0703. The van der Waals surface area contributed by atoms with Crippen molar-refractivity contribution >= 4 is 25.6 Å². The van der Waals surface area contributed by atoms with Crippen LogP contribution in [0, 0.1) is 0 Å². The van der Waals surface area contributed by atoms with Crippen LogP contribution in [0.5, 0.6) is 0 Å². The maximum atomic E-state index is 12.6. The number of amides is 1. The standard InChI is InChI=1S/C13H21ClN2O4S/c1-5-16(10(2)3)13(17)12-8-11(21(14,18)19)9-15(12)6-7-20-4/h8-10H,5-7H2,1-4H3. The van der Waals surface area contributed by atoms with Crippen LogP contribution in [0.3, 0.4) is 0 Å². The molecule has 1 aromatic rings. The number of aromatic nitrogens is 1. The minimum absolute atomic E-state index is 0.0179. The number of rotatable bonds is 7. The van der Waals surface area contributed by atoms with Gasteiger partial charge in [0.05, 0.1) is 6.61 Å². The van der Waals surface area contributed by atoms with Gasteiger partial charge in [0.1, 0.15) is 10.6 Å². The second-order valence-corrected chi connectivity index (χ2v) is 7.44. The highest BCUT2D eigenvalue weighted by atomic mass is 35.7. The van der Waals surface area contributed by atoms with Crippen LogP contribution in [0.2, 0.25) is 0 Å². The van der Waals surface area contributed by atoms with E-state index in [2.05, 4.69) is 0 Å². The zero-order valence-electron chi connectivity index (χ0n) is 12.7. The predicted molar refractivity (Wildman–Crippen MR) is 81.2 cm³/mol. The molecule has 0 saturated heterocycles. The second kappa shape index (κ2) is 7.29. The van der Waals surface area contributed by atoms with E-state index in [0.29, 0.717) is 25.4 Å². The zero-order chi connectivity index (χ0) is 16.2. The van der Waals surface area contributed by atoms with Gasteiger partial charge in [-0.2, -0.15) is 0 Å². The van der Waals surface area contributed by atoms with Crippen molar-refractivity contribution in [3.05, 3.63) is 18.0 Å². The van der Waals surface area contributed by atoms with E-state index < -0.39 is 9.05 Å². The van der Waals surface area contributed by atoms with E-state index in [1.807, 2.05) is 20.8 Å². The first-order chi connectivity index (χ1) is 9.72. The first kappa shape index (κ1) is 18.0. The summed E-state index contributed by atoms with van der Waals surface area (Å²) in [5.74, 6) is -0.227. The normalized spacial score (nSPS) is 11.9. The Kier molecular flexibility index (Phi) is 6.24. The molecule has 8 heteroatoms. The molecule has 0 saturated carbocycles. The molecule has 1 heterocycles. The lowest BCUT2D eigenvalue weighted by atomic mass is 10.2. The van der Waals surface area contributed by atoms with Gasteiger partial charge in [0.15, 0.2) is 0 Å². The lowest BCUT2D eigenvalue weighted by Gasteiger charge is -2.25. The van der Waals surface area contributed by atoms with Crippen molar-refractivity contribution in [3.63, 3.8) is 0 Å². The fourth-order valence-electron chi connectivity index (χ4n) is 2.06.